The van der Waals surface area contributed by atoms with Crippen LogP contribution in [0.2, 0.25) is 0 Å². The van der Waals surface area contributed by atoms with E-state index < -0.39 is 5.97 Å². The van der Waals surface area contributed by atoms with Gasteiger partial charge in [0, 0.05) is 6.42 Å². The Bertz CT molecular complexity index is 328. The second kappa shape index (κ2) is 2.44. The smallest absolute Gasteiger partial charge is 0.357 e. The summed E-state index contributed by atoms with van der Waals surface area (Å²) in [6, 6.07) is 0. The van der Waals surface area contributed by atoms with Gasteiger partial charge in [-0.1, -0.05) is 6.08 Å². The molecule has 1 N–H and O–H groups in total. The number of aliphatic carboxylic acids is 1. The molecule has 0 radical (unpaired) electrons. The highest BCUT2D eigenvalue weighted by atomic mass is 16.5. The molecular weight excluding hydrogens is 160 g/mol. The maximum atomic E-state index is 10.6. The topological polar surface area (TPSA) is 71.2 Å². The van der Waals surface area contributed by atoms with Crippen LogP contribution in [-0.4, -0.2) is 29.3 Å². The number of hydrogen-bond donors (Lipinski definition) is 1. The number of carboxylic acids is 1. The minimum atomic E-state index is -1.06. The summed E-state index contributed by atoms with van der Waals surface area (Å²) in [7, 11) is 0. The van der Waals surface area contributed by atoms with Crippen molar-refractivity contribution in [2.45, 2.75) is 6.42 Å². The predicted octanol–water partition coefficient (Wildman–Crippen LogP) is 0.186. The minimum absolute atomic E-state index is 0.0234. The van der Waals surface area contributed by atoms with Crippen molar-refractivity contribution in [3.05, 3.63) is 11.6 Å². The summed E-state index contributed by atoms with van der Waals surface area (Å²) in [5.41, 5.74) is 0.485. The molecule has 0 atom stereocenters. The molecule has 0 aromatic carbocycles. The molecule has 5 heteroatoms. The van der Waals surface area contributed by atoms with Crippen molar-refractivity contribution in [2.24, 2.45) is 10.2 Å². The van der Waals surface area contributed by atoms with Gasteiger partial charge in [0.2, 0.25) is 5.90 Å². The molecule has 0 aromatic heterocycles. The first-order valence-electron chi connectivity index (χ1n) is 3.51. The van der Waals surface area contributed by atoms with Crippen LogP contribution in [0.4, 0.5) is 0 Å². The molecule has 2 aliphatic heterocycles. The summed E-state index contributed by atoms with van der Waals surface area (Å²) in [5, 5.41) is 15.7. The van der Waals surface area contributed by atoms with Gasteiger partial charge in [-0.2, -0.15) is 0 Å². The van der Waals surface area contributed by atoms with Gasteiger partial charge in [0.15, 0.2) is 5.71 Å². The summed E-state index contributed by atoms with van der Waals surface area (Å²) in [5.74, 6) is -0.732. The molecule has 12 heavy (non-hydrogen) atoms. The van der Waals surface area contributed by atoms with E-state index in [1.807, 2.05) is 0 Å². The van der Waals surface area contributed by atoms with Gasteiger partial charge in [-0.3, -0.25) is 0 Å². The Balaban J connectivity index is 2.35. The lowest BCUT2D eigenvalue weighted by molar-refractivity contribution is -0.129. The average molecular weight is 166 g/mol. The van der Waals surface area contributed by atoms with Crippen molar-refractivity contribution in [3.63, 3.8) is 0 Å². The zero-order valence-corrected chi connectivity index (χ0v) is 6.15. The van der Waals surface area contributed by atoms with Gasteiger partial charge in [-0.05, 0) is 0 Å². The highest BCUT2D eigenvalue weighted by Gasteiger charge is 2.28. The van der Waals surface area contributed by atoms with Crippen LogP contribution in [0.3, 0.4) is 0 Å². The van der Waals surface area contributed by atoms with Gasteiger partial charge in [-0.15, -0.1) is 10.2 Å². The number of carbonyl (C=O) groups is 1. The normalized spacial score (nSPS) is 20.2. The third-order valence-electron chi connectivity index (χ3n) is 1.63. The fourth-order valence-corrected chi connectivity index (χ4v) is 1.11. The Labute approximate surface area is 68.1 Å². The Morgan fingerprint density at radius 1 is 1.58 bits per heavy atom. The first kappa shape index (κ1) is 7.02. The van der Waals surface area contributed by atoms with E-state index in [4.69, 9.17) is 9.84 Å². The van der Waals surface area contributed by atoms with E-state index in [1.165, 1.54) is 0 Å². The van der Waals surface area contributed by atoms with E-state index in [9.17, 15) is 4.79 Å². The maximum Gasteiger partial charge on any atom is 0.357 e. The summed E-state index contributed by atoms with van der Waals surface area (Å²) in [6.45, 7) is 0.546. The fourth-order valence-electron chi connectivity index (χ4n) is 1.11. The Hall–Kier alpha value is -1.65. The van der Waals surface area contributed by atoms with Crippen molar-refractivity contribution in [1.29, 1.82) is 0 Å². The minimum Gasteiger partial charge on any atom is -0.476 e. The molecule has 0 saturated heterocycles. The number of fused-ring (bicyclic) bond motifs is 1. The number of rotatable bonds is 1. The molecule has 0 saturated carbocycles. The molecule has 0 aliphatic carbocycles. The molecule has 62 valence electrons. The van der Waals surface area contributed by atoms with Crippen LogP contribution in [0.5, 0.6) is 0 Å². The van der Waals surface area contributed by atoms with E-state index >= 15 is 0 Å². The average Bonchev–Trinajstić information content (AvgIpc) is 2.47. The molecule has 2 rings (SSSR count). The lowest BCUT2D eigenvalue weighted by Crippen LogP contribution is -2.21. The molecule has 0 amide bonds. The molecule has 0 aromatic rings. The number of ether oxygens (including phenoxy) is 1. The van der Waals surface area contributed by atoms with Crippen molar-refractivity contribution >= 4 is 17.6 Å². The van der Waals surface area contributed by atoms with E-state index in [-0.39, 0.29) is 5.71 Å². The first-order valence-corrected chi connectivity index (χ1v) is 3.51. The monoisotopic (exact) mass is 166 g/mol. The van der Waals surface area contributed by atoms with Gasteiger partial charge in [0.25, 0.3) is 0 Å². The molecule has 2 aliphatic rings. The second-order valence-corrected chi connectivity index (χ2v) is 2.41. The van der Waals surface area contributed by atoms with Crippen molar-refractivity contribution in [1.82, 2.24) is 0 Å². The second-order valence-electron chi connectivity index (χ2n) is 2.41. The third kappa shape index (κ3) is 0.903. The summed E-state index contributed by atoms with van der Waals surface area (Å²) in [6.07, 6.45) is 2.49. The van der Waals surface area contributed by atoms with E-state index in [2.05, 4.69) is 10.2 Å². The van der Waals surface area contributed by atoms with Crippen LogP contribution in [-0.2, 0) is 9.53 Å². The molecule has 0 unspecified atom stereocenters. The van der Waals surface area contributed by atoms with Crippen LogP contribution in [0, 0.1) is 0 Å². The SMILES string of the molecule is O=C(O)C1=NN=C2OCCC=C21. The molecule has 0 bridgehead atoms. The van der Waals surface area contributed by atoms with Crippen LogP contribution in [0.15, 0.2) is 21.9 Å². The van der Waals surface area contributed by atoms with Gasteiger partial charge in [0.1, 0.15) is 0 Å². The molecule has 5 nitrogen and oxygen atoms in total. The van der Waals surface area contributed by atoms with Crippen LogP contribution in [0.1, 0.15) is 6.42 Å². The quantitative estimate of drug-likeness (QED) is 0.604. The van der Waals surface area contributed by atoms with Gasteiger partial charge in [-0.25, -0.2) is 4.79 Å². The maximum absolute atomic E-state index is 10.6. The molecule has 0 fully saturated rings. The highest BCUT2D eigenvalue weighted by Crippen LogP contribution is 2.16. The van der Waals surface area contributed by atoms with E-state index in [1.54, 1.807) is 6.08 Å². The highest BCUT2D eigenvalue weighted by molar-refractivity contribution is 6.50. The molecular formula is C7H6N2O3. The summed E-state index contributed by atoms with van der Waals surface area (Å²) in [4.78, 5) is 10.6. The summed E-state index contributed by atoms with van der Waals surface area (Å²) < 4.78 is 5.09. The van der Waals surface area contributed by atoms with Crippen molar-refractivity contribution in [2.75, 3.05) is 6.61 Å². The third-order valence-corrected chi connectivity index (χ3v) is 1.63. The van der Waals surface area contributed by atoms with Crippen LogP contribution < -0.4 is 0 Å². The molecule has 2 heterocycles. The predicted molar refractivity (Wildman–Crippen MR) is 41.2 cm³/mol. The van der Waals surface area contributed by atoms with E-state index in [0.29, 0.717) is 24.5 Å². The Kier molecular flexibility index (Phi) is 1.43. The van der Waals surface area contributed by atoms with Gasteiger partial charge < -0.3 is 9.84 Å². The van der Waals surface area contributed by atoms with Crippen LogP contribution >= 0.6 is 0 Å². The number of nitrogens with zero attached hydrogens (tertiary/aromatic N) is 2. The van der Waals surface area contributed by atoms with Crippen molar-refractivity contribution in [3.8, 4) is 0 Å². The molecule has 0 spiro atoms. The zero-order valence-electron chi connectivity index (χ0n) is 6.15. The number of hydrogen-bond acceptors (Lipinski definition) is 4. The standard InChI is InChI=1S/C7H6N2O3/c10-7(11)5-4-2-1-3-12-6(4)9-8-5/h2H,1,3H2,(H,10,11). The lowest BCUT2D eigenvalue weighted by Gasteiger charge is -2.10. The number of carboxylic acid groups (broad SMARTS) is 1. The van der Waals surface area contributed by atoms with E-state index in [0.717, 1.165) is 0 Å². The zero-order chi connectivity index (χ0) is 8.55. The first-order chi connectivity index (χ1) is 5.79. The van der Waals surface area contributed by atoms with Gasteiger partial charge >= 0.3 is 5.97 Å². The largest absolute Gasteiger partial charge is 0.476 e. The summed E-state index contributed by atoms with van der Waals surface area (Å²) >= 11 is 0. The fraction of sp³-hybridized carbons (Fsp3) is 0.286. The van der Waals surface area contributed by atoms with Crippen LogP contribution in [0.25, 0.3) is 0 Å². The van der Waals surface area contributed by atoms with Gasteiger partial charge in [0.05, 0.1) is 12.2 Å². The Morgan fingerprint density at radius 2 is 2.42 bits per heavy atom. The Morgan fingerprint density at radius 3 is 3.17 bits per heavy atom. The lowest BCUT2D eigenvalue weighted by atomic mass is 10.1. The van der Waals surface area contributed by atoms with Crippen molar-refractivity contribution < 1.29 is 14.6 Å².